The molecule has 1 N–H and O–H groups in total. The Balaban J connectivity index is 2.41. The topological polar surface area (TPSA) is 21.3 Å². The van der Waals surface area contributed by atoms with E-state index < -0.39 is 6.30 Å². The van der Waals surface area contributed by atoms with Gasteiger partial charge in [-0.1, -0.05) is 0 Å². The van der Waals surface area contributed by atoms with E-state index in [9.17, 15) is 4.39 Å². The lowest BCUT2D eigenvalue weighted by Crippen LogP contribution is -2.35. The highest BCUT2D eigenvalue weighted by Crippen LogP contribution is 2.16. The smallest absolute Gasteiger partial charge is 0.165 e. The van der Waals surface area contributed by atoms with Crippen LogP contribution in [0.2, 0.25) is 0 Å². The van der Waals surface area contributed by atoms with Crippen LogP contribution in [0.3, 0.4) is 0 Å². The van der Waals surface area contributed by atoms with Crippen molar-refractivity contribution in [1.29, 1.82) is 0 Å². The van der Waals surface area contributed by atoms with Gasteiger partial charge in [0.1, 0.15) is 0 Å². The highest BCUT2D eigenvalue weighted by atomic mass is 32.2. The second-order valence-electron chi connectivity index (χ2n) is 2.73. The SMILES string of the molecule is CSC1COC(C)CNC1F. The molecule has 0 aromatic heterocycles. The molecule has 1 saturated heterocycles. The van der Waals surface area contributed by atoms with Crippen molar-refractivity contribution in [2.24, 2.45) is 0 Å². The molecule has 11 heavy (non-hydrogen) atoms. The average Bonchev–Trinajstić information content (AvgIpc) is 2.15. The van der Waals surface area contributed by atoms with Crippen molar-refractivity contribution in [3.05, 3.63) is 0 Å². The molecule has 0 aromatic carbocycles. The van der Waals surface area contributed by atoms with Gasteiger partial charge in [-0.25, -0.2) is 4.39 Å². The summed E-state index contributed by atoms with van der Waals surface area (Å²) in [6, 6.07) is 0. The van der Waals surface area contributed by atoms with Crippen LogP contribution in [0.4, 0.5) is 4.39 Å². The third-order valence-corrected chi connectivity index (χ3v) is 2.76. The van der Waals surface area contributed by atoms with E-state index in [4.69, 9.17) is 4.74 Å². The minimum atomic E-state index is -0.921. The number of alkyl halides is 1. The summed E-state index contributed by atoms with van der Waals surface area (Å²) in [5, 5.41) is 2.73. The minimum absolute atomic E-state index is 0.0556. The van der Waals surface area contributed by atoms with Crippen LogP contribution in [0, 0.1) is 0 Å². The van der Waals surface area contributed by atoms with Crippen molar-refractivity contribution in [2.45, 2.75) is 24.6 Å². The zero-order valence-corrected chi connectivity index (χ0v) is 7.66. The summed E-state index contributed by atoms with van der Waals surface area (Å²) in [4.78, 5) is 0. The number of hydrogen-bond acceptors (Lipinski definition) is 3. The molecule has 2 nitrogen and oxygen atoms in total. The first kappa shape index (κ1) is 9.29. The van der Waals surface area contributed by atoms with E-state index >= 15 is 0 Å². The number of ether oxygens (including phenoxy) is 1. The number of rotatable bonds is 1. The van der Waals surface area contributed by atoms with Gasteiger partial charge in [0.25, 0.3) is 0 Å². The Morgan fingerprint density at radius 3 is 3.00 bits per heavy atom. The molecule has 0 amide bonds. The fourth-order valence-corrected chi connectivity index (χ4v) is 1.55. The highest BCUT2D eigenvalue weighted by molar-refractivity contribution is 7.99. The number of thioether (sulfide) groups is 1. The van der Waals surface area contributed by atoms with E-state index in [1.54, 1.807) is 0 Å². The Morgan fingerprint density at radius 1 is 1.64 bits per heavy atom. The van der Waals surface area contributed by atoms with Crippen molar-refractivity contribution in [3.63, 3.8) is 0 Å². The minimum Gasteiger partial charge on any atom is -0.376 e. The molecule has 3 atom stereocenters. The normalized spacial score (nSPS) is 40.1. The molecule has 1 fully saturated rings. The summed E-state index contributed by atoms with van der Waals surface area (Å²) in [5.74, 6) is 0. The molecule has 0 spiro atoms. The first-order chi connectivity index (χ1) is 5.24. The predicted molar refractivity (Wildman–Crippen MR) is 45.6 cm³/mol. The first-order valence-corrected chi connectivity index (χ1v) is 5.04. The Morgan fingerprint density at radius 2 is 2.36 bits per heavy atom. The van der Waals surface area contributed by atoms with E-state index in [1.807, 2.05) is 13.2 Å². The van der Waals surface area contributed by atoms with Gasteiger partial charge in [0, 0.05) is 6.54 Å². The van der Waals surface area contributed by atoms with Gasteiger partial charge in [-0.3, -0.25) is 5.32 Å². The number of halogens is 1. The molecule has 0 aromatic rings. The lowest BCUT2D eigenvalue weighted by molar-refractivity contribution is 0.0807. The number of hydrogen-bond donors (Lipinski definition) is 1. The molecule has 0 saturated carbocycles. The van der Waals surface area contributed by atoms with E-state index in [-0.39, 0.29) is 11.4 Å². The van der Waals surface area contributed by atoms with Crippen molar-refractivity contribution in [1.82, 2.24) is 5.32 Å². The molecule has 1 rings (SSSR count). The van der Waals surface area contributed by atoms with Gasteiger partial charge < -0.3 is 4.74 Å². The molecule has 1 aliphatic heterocycles. The van der Waals surface area contributed by atoms with E-state index in [1.165, 1.54) is 11.8 Å². The zero-order valence-electron chi connectivity index (χ0n) is 6.84. The lowest BCUT2D eigenvalue weighted by Gasteiger charge is -2.14. The molecular weight excluding hydrogens is 165 g/mol. The maximum absolute atomic E-state index is 13.1. The maximum Gasteiger partial charge on any atom is 0.165 e. The summed E-state index contributed by atoms with van der Waals surface area (Å²) in [6.07, 6.45) is 1.11. The van der Waals surface area contributed by atoms with Crippen LogP contribution in [0.5, 0.6) is 0 Å². The van der Waals surface area contributed by atoms with E-state index in [2.05, 4.69) is 5.32 Å². The van der Waals surface area contributed by atoms with Crippen molar-refractivity contribution < 1.29 is 9.13 Å². The first-order valence-electron chi connectivity index (χ1n) is 3.76. The quantitative estimate of drug-likeness (QED) is 0.607. The third-order valence-electron chi connectivity index (χ3n) is 1.77. The van der Waals surface area contributed by atoms with E-state index in [0.29, 0.717) is 13.2 Å². The Hall–Kier alpha value is 0.200. The van der Waals surface area contributed by atoms with Crippen molar-refractivity contribution in [2.75, 3.05) is 19.4 Å². The second kappa shape index (κ2) is 4.28. The third kappa shape index (κ3) is 2.61. The van der Waals surface area contributed by atoms with Gasteiger partial charge in [-0.15, -0.1) is 0 Å². The van der Waals surface area contributed by atoms with Crippen LogP contribution in [0.1, 0.15) is 6.92 Å². The largest absolute Gasteiger partial charge is 0.376 e. The monoisotopic (exact) mass is 179 g/mol. The van der Waals surface area contributed by atoms with Gasteiger partial charge in [0.05, 0.1) is 18.0 Å². The van der Waals surface area contributed by atoms with E-state index in [0.717, 1.165) is 0 Å². The molecular formula is C7H14FNOS. The summed E-state index contributed by atoms with van der Waals surface area (Å²) < 4.78 is 18.4. The Labute approximate surface area is 70.9 Å². The molecule has 66 valence electrons. The second-order valence-corrected chi connectivity index (χ2v) is 3.81. The molecule has 0 aliphatic carbocycles. The fraction of sp³-hybridized carbons (Fsp3) is 1.00. The van der Waals surface area contributed by atoms with Crippen molar-refractivity contribution in [3.8, 4) is 0 Å². The van der Waals surface area contributed by atoms with Crippen LogP contribution in [0.25, 0.3) is 0 Å². The van der Waals surface area contributed by atoms with Gasteiger partial charge in [-0.05, 0) is 13.2 Å². The lowest BCUT2D eigenvalue weighted by atomic mass is 10.4. The Bertz CT molecular complexity index is 125. The molecule has 3 unspecified atom stereocenters. The Kier molecular flexibility index (Phi) is 3.62. The van der Waals surface area contributed by atoms with Gasteiger partial charge >= 0.3 is 0 Å². The predicted octanol–water partition coefficient (Wildman–Crippen LogP) is 1.02. The van der Waals surface area contributed by atoms with Crippen LogP contribution >= 0.6 is 11.8 Å². The van der Waals surface area contributed by atoms with Crippen LogP contribution < -0.4 is 5.32 Å². The molecule has 0 bridgehead atoms. The van der Waals surface area contributed by atoms with Crippen LogP contribution in [-0.2, 0) is 4.74 Å². The van der Waals surface area contributed by atoms with Crippen LogP contribution in [-0.4, -0.2) is 37.1 Å². The number of nitrogens with one attached hydrogen (secondary N) is 1. The highest BCUT2D eigenvalue weighted by Gasteiger charge is 2.24. The van der Waals surface area contributed by atoms with Crippen LogP contribution in [0.15, 0.2) is 0 Å². The molecule has 1 heterocycles. The van der Waals surface area contributed by atoms with Gasteiger partial charge in [0.15, 0.2) is 6.30 Å². The summed E-state index contributed by atoms with van der Waals surface area (Å²) in [7, 11) is 0. The zero-order chi connectivity index (χ0) is 8.27. The maximum atomic E-state index is 13.1. The van der Waals surface area contributed by atoms with Crippen molar-refractivity contribution >= 4 is 11.8 Å². The average molecular weight is 179 g/mol. The van der Waals surface area contributed by atoms with Gasteiger partial charge in [0.2, 0.25) is 0 Å². The summed E-state index contributed by atoms with van der Waals surface area (Å²) >= 11 is 1.51. The summed E-state index contributed by atoms with van der Waals surface area (Å²) in [6.45, 7) is 3.07. The van der Waals surface area contributed by atoms with Gasteiger partial charge in [-0.2, -0.15) is 11.8 Å². The molecule has 4 heteroatoms. The fourth-order valence-electron chi connectivity index (χ4n) is 1.00. The molecule has 0 radical (unpaired) electrons. The standard InChI is InChI=1S/C7H14FNOS/c1-5-3-9-7(8)6(11-2)4-10-5/h5-7,9H,3-4H2,1-2H3. The molecule has 1 aliphatic rings. The summed E-state index contributed by atoms with van der Waals surface area (Å²) in [5.41, 5.74) is 0.